The fraction of sp³-hybridized carbons (Fsp3) is 0. The van der Waals surface area contributed by atoms with Crippen molar-refractivity contribution in [2.24, 2.45) is 0 Å². The Morgan fingerprint density at radius 3 is 1.11 bits per heavy atom. The van der Waals surface area contributed by atoms with Crippen molar-refractivity contribution in [3.8, 4) is 78.7 Å². The molecule has 56 heavy (non-hydrogen) atoms. The van der Waals surface area contributed by atoms with Crippen molar-refractivity contribution in [3.63, 3.8) is 0 Å². The number of fused-ring (bicyclic) bond motifs is 2. The van der Waals surface area contributed by atoms with Crippen LogP contribution in [0.4, 0.5) is 0 Å². The largest absolute Gasteiger partial charge is 0.248 e. The van der Waals surface area contributed by atoms with Gasteiger partial charge in [0.1, 0.15) is 0 Å². The van der Waals surface area contributed by atoms with Gasteiger partial charge in [0.2, 0.25) is 0 Å². The van der Waals surface area contributed by atoms with E-state index in [1.165, 1.54) is 21.7 Å². The van der Waals surface area contributed by atoms with Gasteiger partial charge >= 0.3 is 0 Å². The lowest BCUT2D eigenvalue weighted by molar-refractivity contribution is 1.18. The first-order valence-electron chi connectivity index (χ1n) is 18.9. The molecule has 0 spiro atoms. The summed E-state index contributed by atoms with van der Waals surface area (Å²) < 4.78 is 0. The maximum Gasteiger partial charge on any atom is 0.160 e. The Morgan fingerprint density at radius 2 is 0.554 bits per heavy atom. The van der Waals surface area contributed by atoms with E-state index < -0.39 is 0 Å². The summed E-state index contributed by atoms with van der Waals surface area (Å²) >= 11 is 0. The van der Waals surface area contributed by atoms with Gasteiger partial charge in [-0.25, -0.2) is 15.0 Å². The van der Waals surface area contributed by atoms with Crippen molar-refractivity contribution < 1.29 is 0 Å². The number of aromatic nitrogens is 3. The highest BCUT2D eigenvalue weighted by Crippen LogP contribution is 2.34. The van der Waals surface area contributed by atoms with Crippen LogP contribution < -0.4 is 0 Å². The lowest BCUT2D eigenvalue weighted by atomic mass is 9.98. The molecule has 8 aromatic carbocycles. The monoisotopic (exact) mass is 713 g/mol. The average molecular weight is 714 g/mol. The standard InChI is InChI=1S/C53H35N3/c1-3-11-36(12-4-1)48-33-49(41-15-5-2-6-16-41)54-50(34-48)42-25-19-39(20-26-42)40-21-27-43(28-22-40)51-35-52(46-29-23-37-13-7-9-17-44(37)31-46)56-53(55-51)47-30-24-38-14-8-10-18-45(38)32-47/h1-35H. The Morgan fingerprint density at radius 1 is 0.196 bits per heavy atom. The Bertz CT molecular complexity index is 2840. The van der Waals surface area contributed by atoms with Gasteiger partial charge < -0.3 is 0 Å². The lowest BCUT2D eigenvalue weighted by Gasteiger charge is -2.12. The summed E-state index contributed by atoms with van der Waals surface area (Å²) in [6.07, 6.45) is 0. The molecule has 0 unspecified atom stereocenters. The molecular weight excluding hydrogens is 679 g/mol. The molecule has 10 rings (SSSR count). The number of nitrogens with zero attached hydrogens (tertiary/aromatic N) is 3. The van der Waals surface area contributed by atoms with Gasteiger partial charge in [-0.2, -0.15) is 0 Å². The lowest BCUT2D eigenvalue weighted by Crippen LogP contribution is -1.96. The highest BCUT2D eigenvalue weighted by molar-refractivity contribution is 5.89. The van der Waals surface area contributed by atoms with Crippen LogP contribution in [-0.4, -0.2) is 15.0 Å². The molecular formula is C53H35N3. The predicted molar refractivity (Wildman–Crippen MR) is 233 cm³/mol. The van der Waals surface area contributed by atoms with Crippen molar-refractivity contribution in [1.29, 1.82) is 0 Å². The minimum absolute atomic E-state index is 0.705. The smallest absolute Gasteiger partial charge is 0.160 e. The molecule has 0 saturated carbocycles. The second-order valence-corrected chi connectivity index (χ2v) is 14.1. The van der Waals surface area contributed by atoms with Crippen LogP contribution in [0.15, 0.2) is 212 Å². The minimum Gasteiger partial charge on any atom is -0.248 e. The van der Waals surface area contributed by atoms with E-state index in [2.05, 4.69) is 206 Å². The first-order valence-corrected chi connectivity index (χ1v) is 18.9. The first-order chi connectivity index (χ1) is 27.7. The SMILES string of the molecule is c1ccc(-c2cc(-c3ccccc3)nc(-c3ccc(-c4ccc(-c5cc(-c6ccc7ccccc7c6)nc(-c6ccc7ccccc7c6)n5)cc4)cc3)c2)cc1. The van der Waals surface area contributed by atoms with E-state index in [1.54, 1.807) is 0 Å². The Hall–Kier alpha value is -7.49. The third-order valence-corrected chi connectivity index (χ3v) is 10.5. The van der Waals surface area contributed by atoms with Crippen LogP contribution >= 0.6 is 0 Å². The van der Waals surface area contributed by atoms with Crippen molar-refractivity contribution in [1.82, 2.24) is 15.0 Å². The van der Waals surface area contributed by atoms with E-state index in [4.69, 9.17) is 15.0 Å². The molecule has 0 bridgehead atoms. The summed E-state index contributed by atoms with van der Waals surface area (Å²) in [5.74, 6) is 0.705. The molecule has 0 radical (unpaired) electrons. The second kappa shape index (κ2) is 14.4. The molecule has 0 aliphatic rings. The fourth-order valence-corrected chi connectivity index (χ4v) is 7.45. The van der Waals surface area contributed by atoms with E-state index in [9.17, 15) is 0 Å². The molecule has 0 fully saturated rings. The van der Waals surface area contributed by atoms with Crippen molar-refractivity contribution in [3.05, 3.63) is 212 Å². The molecule has 262 valence electrons. The van der Waals surface area contributed by atoms with Gasteiger partial charge in [0, 0.05) is 27.8 Å². The molecule has 2 aromatic heterocycles. The molecule has 0 aliphatic heterocycles. The van der Waals surface area contributed by atoms with E-state index >= 15 is 0 Å². The summed E-state index contributed by atoms with van der Waals surface area (Å²) in [6, 6.07) is 74.6. The Balaban J connectivity index is 0.994. The van der Waals surface area contributed by atoms with Crippen LogP contribution in [0, 0.1) is 0 Å². The zero-order chi connectivity index (χ0) is 37.3. The van der Waals surface area contributed by atoms with Gasteiger partial charge in [0.25, 0.3) is 0 Å². The Kier molecular flexibility index (Phi) is 8.51. The summed E-state index contributed by atoms with van der Waals surface area (Å²) in [7, 11) is 0. The van der Waals surface area contributed by atoms with Crippen LogP contribution in [-0.2, 0) is 0 Å². The van der Waals surface area contributed by atoms with Crippen LogP contribution in [0.1, 0.15) is 0 Å². The summed E-state index contributed by atoms with van der Waals surface area (Å²) in [5, 5.41) is 4.75. The maximum atomic E-state index is 5.16. The highest BCUT2D eigenvalue weighted by Gasteiger charge is 2.13. The van der Waals surface area contributed by atoms with E-state index in [-0.39, 0.29) is 0 Å². The zero-order valence-electron chi connectivity index (χ0n) is 30.5. The van der Waals surface area contributed by atoms with E-state index in [0.29, 0.717) is 5.82 Å². The van der Waals surface area contributed by atoms with Gasteiger partial charge in [-0.3, -0.25) is 0 Å². The van der Waals surface area contributed by atoms with Gasteiger partial charge in [0.15, 0.2) is 5.82 Å². The molecule has 0 N–H and O–H groups in total. The molecule has 0 amide bonds. The molecule has 0 saturated heterocycles. The first kappa shape index (κ1) is 33.1. The predicted octanol–water partition coefficient (Wildman–Crippen LogP) is 13.8. The third-order valence-electron chi connectivity index (χ3n) is 10.5. The van der Waals surface area contributed by atoms with Crippen molar-refractivity contribution in [2.45, 2.75) is 0 Å². The molecule has 10 aromatic rings. The number of hydrogen-bond acceptors (Lipinski definition) is 3. The second-order valence-electron chi connectivity index (χ2n) is 14.1. The molecule has 3 heteroatoms. The topological polar surface area (TPSA) is 38.7 Å². The van der Waals surface area contributed by atoms with Gasteiger partial charge in [0.05, 0.1) is 22.8 Å². The quantitative estimate of drug-likeness (QED) is 0.165. The van der Waals surface area contributed by atoms with Gasteiger partial charge in [-0.15, -0.1) is 0 Å². The van der Waals surface area contributed by atoms with E-state index in [1.807, 2.05) is 6.07 Å². The summed E-state index contributed by atoms with van der Waals surface area (Å²) in [5.41, 5.74) is 13.5. The van der Waals surface area contributed by atoms with Crippen LogP contribution in [0.2, 0.25) is 0 Å². The van der Waals surface area contributed by atoms with Crippen LogP contribution in [0.25, 0.3) is 100 Å². The molecule has 3 nitrogen and oxygen atoms in total. The average Bonchev–Trinajstić information content (AvgIpc) is 3.29. The van der Waals surface area contributed by atoms with Crippen molar-refractivity contribution in [2.75, 3.05) is 0 Å². The van der Waals surface area contributed by atoms with Crippen LogP contribution in [0.3, 0.4) is 0 Å². The normalized spacial score (nSPS) is 11.2. The number of pyridine rings is 1. The Labute approximate surface area is 326 Å². The van der Waals surface area contributed by atoms with Gasteiger partial charge in [-0.05, 0) is 74.1 Å². The summed E-state index contributed by atoms with van der Waals surface area (Å²) in [4.78, 5) is 15.4. The number of rotatable bonds is 7. The van der Waals surface area contributed by atoms with E-state index in [0.717, 1.165) is 72.7 Å². The fourth-order valence-electron chi connectivity index (χ4n) is 7.45. The molecule has 2 heterocycles. The number of hydrogen-bond donors (Lipinski definition) is 0. The number of benzene rings is 8. The highest BCUT2D eigenvalue weighted by atomic mass is 14.9. The third kappa shape index (κ3) is 6.63. The molecule has 0 atom stereocenters. The van der Waals surface area contributed by atoms with Crippen molar-refractivity contribution >= 4 is 21.5 Å². The minimum atomic E-state index is 0.705. The molecule has 0 aliphatic carbocycles. The van der Waals surface area contributed by atoms with Crippen LogP contribution in [0.5, 0.6) is 0 Å². The maximum absolute atomic E-state index is 5.16. The van der Waals surface area contributed by atoms with Gasteiger partial charge in [-0.1, -0.05) is 182 Å². The zero-order valence-corrected chi connectivity index (χ0v) is 30.5. The summed E-state index contributed by atoms with van der Waals surface area (Å²) in [6.45, 7) is 0.